The summed E-state index contributed by atoms with van der Waals surface area (Å²) in [5.74, 6) is 5.42. The van der Waals surface area contributed by atoms with Gasteiger partial charge in [-0.05, 0) is 86.1 Å². The zero-order valence-electron chi connectivity index (χ0n) is 93.3. The van der Waals surface area contributed by atoms with E-state index in [9.17, 15) is 4.79 Å². The molecule has 0 N–H and O–H groups in total. The Morgan fingerprint density at radius 1 is 0.152 bits per heavy atom. The summed E-state index contributed by atoms with van der Waals surface area (Å²) in [5, 5.41) is 0. The molecule has 3 rings (SSSR count). The van der Waals surface area contributed by atoms with Crippen molar-refractivity contribution in [1.82, 2.24) is 0 Å². The Labute approximate surface area is 859 Å². The van der Waals surface area contributed by atoms with Crippen LogP contribution in [-0.4, -0.2) is 45.9 Å². The van der Waals surface area contributed by atoms with E-state index in [1.54, 1.807) is 12.1 Å². The first-order valence-corrected chi connectivity index (χ1v) is 62.4. The molecule has 0 bridgehead atoms. The van der Waals surface area contributed by atoms with Gasteiger partial charge in [-0.3, -0.25) is 4.79 Å². The number of rotatable bonds is 115. The number of unbranched alkanes of at least 4 members (excludes halogenated alkanes) is 90. The number of benzene rings is 3. The van der Waals surface area contributed by atoms with Crippen LogP contribution in [0, 0.1) is 0 Å². The lowest BCUT2D eigenvalue weighted by molar-refractivity contribution is 0.231. The van der Waals surface area contributed by atoms with Gasteiger partial charge >= 0.3 is 0 Å². The number of hydrogen-bond donors (Lipinski definition) is 0. The molecule has 0 aliphatic rings. The minimum absolute atomic E-state index is 0.229. The zero-order valence-corrected chi connectivity index (χ0v) is 93.3. The summed E-state index contributed by atoms with van der Waals surface area (Å²) in [7, 11) is 0. The third kappa shape index (κ3) is 82.0. The standard InChI is InChI=1S/C129H233O9/c1-7-13-19-25-31-37-43-49-55-61-67-73-79-85-91-97-103-131-124-111-120(112-125(132-104-98-92-86-80-74-68-62-56-50-44-38-32-26-20-14-8-2)128(124)135-107-101-95-89-83-77-71-65-59-53-47-41-35-29-23-17-11-5)117-137-122-109-119(116-130)110-123(115-122)138-118-121-113-126(133-105-99-93-87-81-75-69-63-57-51-45-39-33-27-21-15-9-3)129(136-108-102-96-90-84-78-72-66-60-54-48-42-36-30-24-18-12-6)127(114-121)134-106-100-94-88-82-76-70-64-58-52-46-40-34-28-22-16-10-4/h109-115H,7-108,117-118H2,1-6H3. The van der Waals surface area contributed by atoms with Crippen LogP contribution < -0.4 is 37.9 Å². The molecule has 0 heterocycles. The smallest absolute Gasteiger partial charge is 0.233 e. The van der Waals surface area contributed by atoms with E-state index >= 15 is 0 Å². The minimum Gasteiger partial charge on any atom is -0.490 e. The van der Waals surface area contributed by atoms with E-state index in [1.807, 2.05) is 6.07 Å². The molecule has 9 heteroatoms. The predicted molar refractivity (Wildman–Crippen MR) is 603 cm³/mol. The normalized spacial score (nSPS) is 11.6. The van der Waals surface area contributed by atoms with E-state index in [4.69, 9.17) is 37.9 Å². The van der Waals surface area contributed by atoms with Gasteiger partial charge in [-0.1, -0.05) is 619 Å². The molecule has 1 radical (unpaired) electrons. The van der Waals surface area contributed by atoms with Crippen LogP contribution in [0.4, 0.5) is 0 Å². The van der Waals surface area contributed by atoms with Gasteiger partial charge in [0.1, 0.15) is 24.7 Å². The van der Waals surface area contributed by atoms with Gasteiger partial charge in [0.2, 0.25) is 17.8 Å². The fourth-order valence-electron chi connectivity index (χ4n) is 20.3. The van der Waals surface area contributed by atoms with Crippen molar-refractivity contribution in [3.63, 3.8) is 0 Å². The van der Waals surface area contributed by atoms with Crippen LogP contribution in [0.2, 0.25) is 0 Å². The molecule has 0 atom stereocenters. The van der Waals surface area contributed by atoms with Crippen LogP contribution in [0.1, 0.15) is 675 Å². The number of hydrogen-bond acceptors (Lipinski definition) is 9. The van der Waals surface area contributed by atoms with E-state index in [0.717, 1.165) is 123 Å². The van der Waals surface area contributed by atoms with Crippen molar-refractivity contribution in [2.24, 2.45) is 0 Å². The van der Waals surface area contributed by atoms with Crippen LogP contribution in [0.25, 0.3) is 0 Å². The summed E-state index contributed by atoms with van der Waals surface area (Å²) < 4.78 is 55.1. The lowest BCUT2D eigenvalue weighted by Gasteiger charge is -2.20. The maximum Gasteiger partial charge on any atom is 0.233 e. The Balaban J connectivity index is 1.90. The van der Waals surface area contributed by atoms with Gasteiger partial charge in [0.25, 0.3) is 0 Å². The Morgan fingerprint density at radius 2 is 0.283 bits per heavy atom. The summed E-state index contributed by atoms with van der Waals surface area (Å²) >= 11 is 0. The molecule has 0 unspecified atom stereocenters. The first kappa shape index (κ1) is 128. The SMILES string of the molecule is CCCCCCCCCCCCCCCCCCOc1cc(COc2cc([C]=O)cc(OCc3cc(OCCCCCCCCCCCCCCCCCC)c(OCCCCCCCCCCCCCCCCCC)c(OCCCCCCCCCCCCCCCCCC)c3)c2)cc(OCCCCCCCCCCCCCCCCCC)c1OCCCCCCCCCCCCCCCCCC. The van der Waals surface area contributed by atoms with Crippen LogP contribution >= 0.6 is 0 Å². The number of carbonyl (C=O) groups excluding carboxylic acids is 1. The second-order valence-corrected chi connectivity index (χ2v) is 43.1. The molecule has 138 heavy (non-hydrogen) atoms. The maximum atomic E-state index is 12.9. The van der Waals surface area contributed by atoms with Gasteiger partial charge in [0.05, 0.1) is 39.6 Å². The molecule has 3 aromatic carbocycles. The van der Waals surface area contributed by atoms with Gasteiger partial charge in [0.15, 0.2) is 23.0 Å². The van der Waals surface area contributed by atoms with Crippen LogP contribution in [0.15, 0.2) is 42.5 Å². The zero-order chi connectivity index (χ0) is 98.2. The molecular formula is C129H233O9. The predicted octanol–water partition coefficient (Wildman–Crippen LogP) is 44.1. The van der Waals surface area contributed by atoms with Crippen molar-refractivity contribution < 1.29 is 42.7 Å². The van der Waals surface area contributed by atoms with Crippen molar-refractivity contribution in [3.8, 4) is 46.0 Å². The van der Waals surface area contributed by atoms with Crippen molar-refractivity contribution in [1.29, 1.82) is 0 Å². The molecule has 0 saturated carbocycles. The molecule has 0 aliphatic heterocycles. The third-order valence-corrected chi connectivity index (χ3v) is 29.5. The van der Waals surface area contributed by atoms with E-state index in [2.05, 4.69) is 72.1 Å². The van der Waals surface area contributed by atoms with Crippen molar-refractivity contribution in [2.45, 2.75) is 671 Å². The average molecular weight is 1930 g/mol. The van der Waals surface area contributed by atoms with E-state index in [0.29, 0.717) is 56.7 Å². The molecule has 9 nitrogen and oxygen atoms in total. The average Bonchev–Trinajstić information content (AvgIpc) is 0.823. The maximum absolute atomic E-state index is 12.9. The Bertz CT molecular complexity index is 2650. The molecule has 0 spiro atoms. The highest BCUT2D eigenvalue weighted by Gasteiger charge is 2.21. The monoisotopic (exact) mass is 1930 g/mol. The molecular weight excluding hydrogens is 1690 g/mol. The third-order valence-electron chi connectivity index (χ3n) is 29.5. The van der Waals surface area contributed by atoms with E-state index < -0.39 is 0 Å². The van der Waals surface area contributed by atoms with Crippen molar-refractivity contribution >= 4 is 6.29 Å². The molecule has 0 amide bonds. The van der Waals surface area contributed by atoms with Gasteiger partial charge < -0.3 is 37.9 Å². The molecule has 803 valence electrons. The van der Waals surface area contributed by atoms with Gasteiger partial charge in [-0.15, -0.1) is 0 Å². The van der Waals surface area contributed by atoms with E-state index in [1.165, 1.54) is 539 Å². The van der Waals surface area contributed by atoms with Gasteiger partial charge in [0, 0.05) is 11.6 Å². The lowest BCUT2D eigenvalue weighted by atomic mass is 10.0. The second-order valence-electron chi connectivity index (χ2n) is 43.1. The highest BCUT2D eigenvalue weighted by atomic mass is 16.6. The lowest BCUT2D eigenvalue weighted by Crippen LogP contribution is -2.08. The molecule has 0 saturated heterocycles. The highest BCUT2D eigenvalue weighted by molar-refractivity contribution is 5.77. The second kappa shape index (κ2) is 104. The van der Waals surface area contributed by atoms with Crippen LogP contribution in [-0.2, 0) is 18.0 Å². The van der Waals surface area contributed by atoms with Crippen LogP contribution in [0.3, 0.4) is 0 Å². The van der Waals surface area contributed by atoms with E-state index in [-0.39, 0.29) is 13.2 Å². The largest absolute Gasteiger partial charge is 0.490 e. The molecule has 0 aliphatic carbocycles. The van der Waals surface area contributed by atoms with Gasteiger partial charge in [-0.2, -0.15) is 0 Å². The summed E-state index contributed by atoms with van der Waals surface area (Å²) in [4.78, 5) is 12.9. The summed E-state index contributed by atoms with van der Waals surface area (Å²) in [5.41, 5.74) is 2.22. The summed E-state index contributed by atoms with van der Waals surface area (Å²) in [6.07, 6.45) is 130. The fourth-order valence-corrected chi connectivity index (χ4v) is 20.3. The number of ether oxygens (including phenoxy) is 8. The Hall–Kier alpha value is -4.27. The molecule has 0 aromatic heterocycles. The Morgan fingerprint density at radius 3 is 0.420 bits per heavy atom. The van der Waals surface area contributed by atoms with Crippen molar-refractivity contribution in [3.05, 3.63) is 59.2 Å². The van der Waals surface area contributed by atoms with Crippen molar-refractivity contribution in [2.75, 3.05) is 39.6 Å². The fraction of sp³-hybridized carbons (Fsp3) is 0.853. The Kier molecular flexibility index (Phi) is 96.5. The highest BCUT2D eigenvalue weighted by Crippen LogP contribution is 2.43. The first-order valence-electron chi connectivity index (χ1n) is 62.4. The van der Waals surface area contributed by atoms with Gasteiger partial charge in [-0.25, -0.2) is 0 Å². The topological polar surface area (TPSA) is 90.9 Å². The quantitative estimate of drug-likeness (QED) is 0.0513. The van der Waals surface area contributed by atoms with Crippen LogP contribution in [0.5, 0.6) is 46.0 Å². The summed E-state index contributed by atoms with van der Waals surface area (Å²) in [6, 6.07) is 14.0. The first-order chi connectivity index (χ1) is 68.5. The summed E-state index contributed by atoms with van der Waals surface area (Å²) in [6.45, 7) is 18.0. The molecule has 3 aromatic rings. The minimum atomic E-state index is 0.229. The molecule has 0 fully saturated rings.